The normalized spacial score (nSPS) is 19.5. The van der Waals surface area contributed by atoms with Crippen molar-refractivity contribution < 1.29 is 17.6 Å². The molecule has 0 amide bonds. The van der Waals surface area contributed by atoms with E-state index >= 15 is 0 Å². The third-order valence-corrected chi connectivity index (χ3v) is 5.80. The van der Waals surface area contributed by atoms with Gasteiger partial charge in [0.15, 0.2) is 5.03 Å². The number of sulfonamides is 1. The van der Waals surface area contributed by atoms with Gasteiger partial charge in [0.1, 0.15) is 6.10 Å². The molecule has 2 aromatic rings. The molecule has 1 fully saturated rings. The van der Waals surface area contributed by atoms with Crippen molar-refractivity contribution in [1.82, 2.24) is 24.1 Å². The van der Waals surface area contributed by atoms with Crippen LogP contribution in [-0.4, -0.2) is 52.2 Å². The third-order valence-electron chi connectivity index (χ3n) is 4.04. The monoisotopic (exact) mass is 383 g/mol. The van der Waals surface area contributed by atoms with Crippen LogP contribution in [0.1, 0.15) is 51.5 Å². The molecule has 0 aromatic carbocycles. The summed E-state index contributed by atoms with van der Waals surface area (Å²) in [5, 5.41) is 8.04. The van der Waals surface area contributed by atoms with Crippen LogP contribution in [0.3, 0.4) is 0 Å². The fraction of sp³-hybridized carbons (Fsp3) is 0.688. The van der Waals surface area contributed by atoms with Crippen LogP contribution in [-0.2, 0) is 21.3 Å². The third kappa shape index (κ3) is 3.97. The van der Waals surface area contributed by atoms with E-state index in [1.807, 2.05) is 13.8 Å². The molecule has 144 valence electrons. The van der Waals surface area contributed by atoms with Crippen molar-refractivity contribution >= 4 is 10.0 Å². The first kappa shape index (κ1) is 19.0. The van der Waals surface area contributed by atoms with E-state index in [-0.39, 0.29) is 30.6 Å². The van der Waals surface area contributed by atoms with E-state index in [0.717, 1.165) is 0 Å². The van der Waals surface area contributed by atoms with Crippen molar-refractivity contribution in [2.45, 2.75) is 51.3 Å². The minimum atomic E-state index is -3.70. The van der Waals surface area contributed by atoms with Crippen LogP contribution in [0.4, 0.5) is 0 Å². The standard InChI is InChI=1S/C16H25N5O4S/c1-11(2)7-20-9-14(17-10-20)26(22,23)21-5-6-24-13(8-21)16-19-18-15(25-16)12(3)4/h9-13H,5-8H2,1-4H3. The van der Waals surface area contributed by atoms with Gasteiger partial charge in [-0.15, -0.1) is 10.2 Å². The van der Waals surface area contributed by atoms with Gasteiger partial charge in [-0.3, -0.25) is 0 Å². The van der Waals surface area contributed by atoms with Gasteiger partial charge in [0.05, 0.1) is 12.9 Å². The van der Waals surface area contributed by atoms with Crippen molar-refractivity contribution in [3.05, 3.63) is 24.3 Å². The summed E-state index contributed by atoms with van der Waals surface area (Å²) in [4.78, 5) is 4.08. The molecule has 0 saturated carbocycles. The molecule has 0 spiro atoms. The molecule has 26 heavy (non-hydrogen) atoms. The van der Waals surface area contributed by atoms with E-state index in [4.69, 9.17) is 9.15 Å². The molecule has 10 heteroatoms. The maximum atomic E-state index is 12.9. The van der Waals surface area contributed by atoms with E-state index in [9.17, 15) is 8.42 Å². The maximum absolute atomic E-state index is 12.9. The van der Waals surface area contributed by atoms with Crippen LogP contribution in [0, 0.1) is 5.92 Å². The van der Waals surface area contributed by atoms with Crippen LogP contribution in [0.15, 0.2) is 22.0 Å². The second-order valence-electron chi connectivity index (χ2n) is 7.16. The number of morpholine rings is 1. The minimum absolute atomic E-state index is 0.0483. The summed E-state index contributed by atoms with van der Waals surface area (Å²) in [5.74, 6) is 1.32. The molecule has 1 unspecified atom stereocenters. The minimum Gasteiger partial charge on any atom is -0.422 e. The Labute approximate surface area is 153 Å². The highest BCUT2D eigenvalue weighted by Crippen LogP contribution is 2.26. The Kier molecular flexibility index (Phi) is 5.44. The molecule has 1 aliphatic heterocycles. The van der Waals surface area contributed by atoms with Crippen LogP contribution in [0.5, 0.6) is 0 Å². The average Bonchev–Trinajstić information content (AvgIpc) is 3.24. The molecule has 0 bridgehead atoms. The Morgan fingerprint density at radius 2 is 2.04 bits per heavy atom. The van der Waals surface area contributed by atoms with Gasteiger partial charge in [0.25, 0.3) is 10.0 Å². The lowest BCUT2D eigenvalue weighted by Crippen LogP contribution is -2.42. The summed E-state index contributed by atoms with van der Waals surface area (Å²) in [6.45, 7) is 9.39. The number of hydrogen-bond acceptors (Lipinski definition) is 7. The molecule has 1 aliphatic rings. The van der Waals surface area contributed by atoms with Gasteiger partial charge in [-0.1, -0.05) is 27.7 Å². The Balaban J connectivity index is 1.76. The largest absolute Gasteiger partial charge is 0.422 e. The number of hydrogen-bond donors (Lipinski definition) is 0. The predicted octanol–water partition coefficient (Wildman–Crippen LogP) is 1.81. The van der Waals surface area contributed by atoms with E-state index < -0.39 is 16.1 Å². The van der Waals surface area contributed by atoms with Crippen molar-refractivity contribution in [3.63, 3.8) is 0 Å². The Hall–Kier alpha value is -1.78. The maximum Gasteiger partial charge on any atom is 0.262 e. The molecule has 0 radical (unpaired) electrons. The van der Waals surface area contributed by atoms with Crippen molar-refractivity contribution in [1.29, 1.82) is 0 Å². The molecule has 3 heterocycles. The average molecular weight is 383 g/mol. The first-order chi connectivity index (χ1) is 12.3. The summed E-state index contributed by atoms with van der Waals surface area (Å²) >= 11 is 0. The molecular weight excluding hydrogens is 358 g/mol. The molecule has 1 atom stereocenters. The second kappa shape index (κ2) is 7.45. The highest BCUT2D eigenvalue weighted by Gasteiger charge is 2.35. The van der Waals surface area contributed by atoms with Crippen LogP contribution in [0.2, 0.25) is 0 Å². The van der Waals surface area contributed by atoms with Crippen molar-refractivity contribution in [2.24, 2.45) is 5.92 Å². The predicted molar refractivity (Wildman–Crippen MR) is 92.9 cm³/mol. The van der Waals surface area contributed by atoms with Crippen LogP contribution < -0.4 is 0 Å². The molecule has 0 N–H and O–H groups in total. The van der Waals surface area contributed by atoms with Gasteiger partial charge in [-0.2, -0.15) is 4.31 Å². The number of ether oxygens (including phenoxy) is 1. The smallest absolute Gasteiger partial charge is 0.262 e. The molecular formula is C16H25N5O4S. The molecule has 9 nitrogen and oxygen atoms in total. The molecule has 0 aliphatic carbocycles. The molecule has 3 rings (SSSR count). The zero-order valence-electron chi connectivity index (χ0n) is 15.5. The first-order valence-electron chi connectivity index (χ1n) is 8.74. The number of rotatable bonds is 6. The lowest BCUT2D eigenvalue weighted by atomic mass is 10.2. The topological polar surface area (TPSA) is 103 Å². The summed E-state index contributed by atoms with van der Waals surface area (Å²) in [6, 6.07) is 0. The number of nitrogens with zero attached hydrogens (tertiary/aromatic N) is 5. The number of aromatic nitrogens is 4. The molecule has 2 aromatic heterocycles. The highest BCUT2D eigenvalue weighted by molar-refractivity contribution is 7.89. The summed E-state index contributed by atoms with van der Waals surface area (Å²) in [5.41, 5.74) is 0. The fourth-order valence-corrected chi connectivity index (χ4v) is 4.09. The van der Waals surface area contributed by atoms with Gasteiger partial charge in [-0.25, -0.2) is 13.4 Å². The van der Waals surface area contributed by atoms with Gasteiger partial charge in [0, 0.05) is 31.7 Å². The SMILES string of the molecule is CC(C)Cn1cnc(S(=O)(=O)N2CCOC(c3nnc(C(C)C)o3)C2)c1. The zero-order chi connectivity index (χ0) is 18.9. The molecule has 1 saturated heterocycles. The Bertz CT molecular complexity index is 842. The van der Waals surface area contributed by atoms with Gasteiger partial charge in [-0.05, 0) is 5.92 Å². The van der Waals surface area contributed by atoms with E-state index in [2.05, 4.69) is 29.0 Å². The summed E-state index contributed by atoms with van der Waals surface area (Å²) in [7, 11) is -3.70. The Morgan fingerprint density at radius 1 is 1.27 bits per heavy atom. The summed E-state index contributed by atoms with van der Waals surface area (Å²) in [6.07, 6.45) is 2.55. The Morgan fingerprint density at radius 3 is 2.69 bits per heavy atom. The van der Waals surface area contributed by atoms with E-state index in [1.54, 1.807) is 17.1 Å². The van der Waals surface area contributed by atoms with Gasteiger partial charge >= 0.3 is 0 Å². The van der Waals surface area contributed by atoms with Crippen LogP contribution >= 0.6 is 0 Å². The van der Waals surface area contributed by atoms with Crippen molar-refractivity contribution in [2.75, 3.05) is 19.7 Å². The van der Waals surface area contributed by atoms with Gasteiger partial charge < -0.3 is 13.7 Å². The van der Waals surface area contributed by atoms with E-state index in [0.29, 0.717) is 24.2 Å². The zero-order valence-corrected chi connectivity index (χ0v) is 16.3. The summed E-state index contributed by atoms with van der Waals surface area (Å²) < 4.78 is 40.2. The second-order valence-corrected chi connectivity index (χ2v) is 9.04. The lowest BCUT2D eigenvalue weighted by Gasteiger charge is -2.29. The van der Waals surface area contributed by atoms with E-state index in [1.165, 1.54) is 4.31 Å². The first-order valence-corrected chi connectivity index (χ1v) is 10.2. The van der Waals surface area contributed by atoms with Crippen LogP contribution in [0.25, 0.3) is 0 Å². The fourth-order valence-electron chi connectivity index (χ4n) is 2.73. The van der Waals surface area contributed by atoms with Crippen molar-refractivity contribution in [3.8, 4) is 0 Å². The lowest BCUT2D eigenvalue weighted by molar-refractivity contribution is -0.0179. The van der Waals surface area contributed by atoms with Gasteiger partial charge in [0.2, 0.25) is 11.8 Å². The number of imidazole rings is 1. The highest BCUT2D eigenvalue weighted by atomic mass is 32.2. The quantitative estimate of drug-likeness (QED) is 0.749.